The number of rotatable bonds is 41. The number of hydroxylamine groups is 2. The average Bonchev–Trinajstić information content (AvgIpc) is 2.36. The van der Waals surface area contributed by atoms with Crippen molar-refractivity contribution in [2.75, 3.05) is 138 Å². The highest BCUT2D eigenvalue weighted by molar-refractivity contribution is 7.85. The van der Waals surface area contributed by atoms with Crippen molar-refractivity contribution in [2.24, 2.45) is 16.6 Å². The Kier molecular flexibility index (Phi) is 29.7. The number of hydrogen-bond acceptors (Lipinski definition) is 22. The van der Waals surface area contributed by atoms with Gasteiger partial charge in [0.2, 0.25) is 23.3 Å². The molecule has 31 heteroatoms. The van der Waals surface area contributed by atoms with Crippen LogP contribution in [0.2, 0.25) is 0 Å². The fourth-order valence-corrected chi connectivity index (χ4v) is 9.55. The monoisotopic (exact) mass is 1220 g/mol. The number of aliphatic hydroxyl groups is 2. The predicted molar refractivity (Wildman–Crippen MR) is 282 cm³/mol. The van der Waals surface area contributed by atoms with Crippen LogP contribution in [0.25, 0.3) is 6.08 Å². The van der Waals surface area contributed by atoms with Crippen LogP contribution in [0.5, 0.6) is 5.75 Å². The van der Waals surface area contributed by atoms with E-state index in [2.05, 4.69) is 15.0 Å². The highest BCUT2D eigenvalue weighted by Crippen LogP contribution is 2.37. The van der Waals surface area contributed by atoms with Crippen LogP contribution in [0.15, 0.2) is 21.5 Å². The van der Waals surface area contributed by atoms with Crippen LogP contribution in [-0.2, 0) is 78.4 Å². The maximum absolute atomic E-state index is 14.0. The number of aliphatic imine (C=N–C) groups is 1. The van der Waals surface area contributed by atoms with Crippen LogP contribution in [0.3, 0.4) is 0 Å². The fraction of sp³-hybridized carbons (Fsp3) is 0.667. The fourth-order valence-electron chi connectivity index (χ4n) is 7.73. The molecule has 82 heavy (non-hydrogen) atoms. The number of ether oxygens (including phenoxy) is 10. The van der Waals surface area contributed by atoms with E-state index < -0.39 is 74.7 Å². The van der Waals surface area contributed by atoms with Crippen molar-refractivity contribution in [1.29, 1.82) is 0 Å². The van der Waals surface area contributed by atoms with E-state index in [1.807, 2.05) is 24.0 Å². The Morgan fingerprint density at radius 3 is 1.82 bits per heavy atom. The number of amidine groups is 1. The second kappa shape index (κ2) is 36.0. The first-order chi connectivity index (χ1) is 39.4. The number of carbonyl (C=O) groups is 4. The lowest BCUT2D eigenvalue weighted by Crippen LogP contribution is -2.50. The molecule has 3 aliphatic rings. The van der Waals surface area contributed by atoms with Crippen molar-refractivity contribution in [1.82, 2.24) is 15.3 Å². The minimum absolute atomic E-state index is 0.0120. The molecule has 2 aliphatic heterocycles. The lowest BCUT2D eigenvalue weighted by molar-refractivity contribution is -0.181. The van der Waals surface area contributed by atoms with Gasteiger partial charge < -0.3 is 73.5 Å². The molecule has 3 amide bonds. The maximum Gasteiger partial charge on any atom is 0.407 e. The minimum Gasteiger partial charge on any atom is -0.446 e. The molecule has 2 aromatic rings. The SMILES string of the molecule is CCCN(OCCNC(=O)OC1CCC1)C(=O)C1=Cc2sc(CC3CN(C(=O)CCOCCOCCOCCOCC(O)C(O)COCCOCCOCCOCCC(=O)Oc4c(F)c(F)c(S(=O)(=O)O)c(F)c4F)C3)cc2N=C(N)C1. The Morgan fingerprint density at radius 1 is 0.780 bits per heavy atom. The van der Waals surface area contributed by atoms with Gasteiger partial charge in [-0.15, -0.1) is 11.3 Å². The molecule has 2 fully saturated rings. The molecule has 1 saturated carbocycles. The van der Waals surface area contributed by atoms with Gasteiger partial charge in [0.1, 0.15) is 24.1 Å². The van der Waals surface area contributed by atoms with E-state index in [4.69, 9.17) is 57.8 Å². The Bertz CT molecular complexity index is 2510. The molecule has 1 aromatic heterocycles. The number of halogens is 4. The van der Waals surface area contributed by atoms with Crippen molar-refractivity contribution >= 4 is 62.9 Å². The first-order valence-corrected chi connectivity index (χ1v) is 29.0. The maximum atomic E-state index is 14.0. The third-order valence-electron chi connectivity index (χ3n) is 12.2. The zero-order chi connectivity index (χ0) is 59.4. The number of nitrogens with zero attached hydrogens (tertiary/aromatic N) is 3. The lowest BCUT2D eigenvalue weighted by Gasteiger charge is -2.39. The summed E-state index contributed by atoms with van der Waals surface area (Å²) in [4.78, 5) is 62.0. The van der Waals surface area contributed by atoms with Gasteiger partial charge in [-0.3, -0.25) is 23.8 Å². The number of aliphatic hydroxyl groups excluding tert-OH is 2. The highest BCUT2D eigenvalue weighted by atomic mass is 32.2. The lowest BCUT2D eigenvalue weighted by atomic mass is 9.95. The molecular weight excluding hydrogens is 1140 g/mol. The second-order valence-electron chi connectivity index (χ2n) is 18.7. The number of carbonyl (C=O) groups excluding carboxylic acids is 4. The largest absolute Gasteiger partial charge is 0.446 e. The van der Waals surface area contributed by atoms with E-state index in [9.17, 15) is 55.4 Å². The van der Waals surface area contributed by atoms with Gasteiger partial charge in [-0.25, -0.2) is 23.6 Å². The third kappa shape index (κ3) is 23.2. The first-order valence-electron chi connectivity index (χ1n) is 26.7. The Hall–Kier alpha value is -5.00. The Morgan fingerprint density at radius 2 is 1.30 bits per heavy atom. The summed E-state index contributed by atoms with van der Waals surface area (Å²) in [6.45, 7) is 5.59. The minimum atomic E-state index is -5.67. The van der Waals surface area contributed by atoms with Crippen LogP contribution < -0.4 is 15.8 Å². The quantitative estimate of drug-likeness (QED) is 0.0122. The number of nitrogens with two attached hydrogens (primary N) is 1. The second-order valence-corrected chi connectivity index (χ2v) is 21.3. The van der Waals surface area contributed by atoms with Crippen LogP contribution in [-0.4, -0.2) is 220 Å². The van der Waals surface area contributed by atoms with Crippen molar-refractivity contribution in [3.63, 3.8) is 0 Å². The number of fused-ring (bicyclic) bond motifs is 1. The summed E-state index contributed by atoms with van der Waals surface area (Å²) in [7, 11) is -5.67. The molecule has 1 saturated heterocycles. The smallest absolute Gasteiger partial charge is 0.407 e. The standard InChI is InChI=1S/C51H73F4N5O20S2/c1-2-9-60(78-12-8-57-51(66)79-35-4-3-5-35)50(65)34-26-40-37(58-41(56)27-34)28-36(81-40)25-33-29-59(30-33)42(63)6-10-70-13-15-72-17-19-74-21-23-76-31-38(61)39(62)32-77-24-22-75-20-18-73-16-14-71-11-7-43(64)80-48-44(52)46(54)49(82(67,68)69)47(55)45(48)53/h26,28,33,35,38-39,61-62H,2-25,27,29-32H2,1H3,(H2,56,58)(H,57,66)(H,67,68,69). The summed E-state index contributed by atoms with van der Waals surface area (Å²) in [6, 6.07) is 1.99. The van der Waals surface area contributed by atoms with Crippen molar-refractivity contribution in [3.05, 3.63) is 44.7 Å². The molecule has 1 aliphatic carbocycles. The number of hydrogen-bond donors (Lipinski definition) is 5. The van der Waals surface area contributed by atoms with Crippen LogP contribution >= 0.6 is 11.3 Å². The Balaban J connectivity index is 0.781. The number of benzene rings is 1. The van der Waals surface area contributed by atoms with Gasteiger partial charge in [0.15, 0.2) is 16.5 Å². The molecule has 0 spiro atoms. The predicted octanol–water partition coefficient (Wildman–Crippen LogP) is 3.02. The summed E-state index contributed by atoms with van der Waals surface area (Å²) < 4.78 is 139. The number of alkyl carbamates (subject to hydrolysis) is 1. The van der Waals surface area contributed by atoms with E-state index in [1.165, 1.54) is 5.06 Å². The van der Waals surface area contributed by atoms with Gasteiger partial charge >= 0.3 is 22.2 Å². The summed E-state index contributed by atoms with van der Waals surface area (Å²) >= 11 is 1.54. The molecule has 2 atom stereocenters. The van der Waals surface area contributed by atoms with E-state index in [0.29, 0.717) is 69.6 Å². The normalized spacial score (nSPS) is 15.4. The van der Waals surface area contributed by atoms with Gasteiger partial charge in [-0.05, 0) is 50.2 Å². The van der Waals surface area contributed by atoms with E-state index in [0.717, 1.165) is 35.4 Å². The summed E-state index contributed by atoms with van der Waals surface area (Å²) in [5, 5.41) is 24.2. The number of esters is 1. The van der Waals surface area contributed by atoms with Crippen molar-refractivity contribution in [3.8, 4) is 5.75 Å². The molecular formula is C51H73F4N5O20S2. The Labute approximate surface area is 475 Å². The zero-order valence-corrected chi connectivity index (χ0v) is 47.1. The van der Waals surface area contributed by atoms with Gasteiger partial charge in [-0.2, -0.15) is 17.2 Å². The van der Waals surface area contributed by atoms with E-state index in [1.54, 1.807) is 11.3 Å². The molecule has 5 rings (SSSR count). The molecule has 462 valence electrons. The van der Waals surface area contributed by atoms with Crippen molar-refractivity contribution in [2.45, 2.75) is 81.5 Å². The number of thiophene rings is 1. The van der Waals surface area contributed by atoms with Gasteiger partial charge in [0.05, 0.1) is 136 Å². The summed E-state index contributed by atoms with van der Waals surface area (Å²) in [5.41, 5.74) is 7.41. The molecule has 3 heterocycles. The van der Waals surface area contributed by atoms with E-state index in [-0.39, 0.29) is 129 Å². The topological polar surface area (TPSA) is 322 Å². The van der Waals surface area contributed by atoms with Gasteiger partial charge in [-0.1, -0.05) is 6.92 Å². The molecule has 25 nitrogen and oxygen atoms in total. The number of likely N-dealkylation sites (tertiary alicyclic amines) is 1. The molecule has 2 unspecified atom stereocenters. The number of amides is 3. The van der Waals surface area contributed by atoms with Crippen LogP contribution in [0, 0.1) is 29.2 Å². The van der Waals surface area contributed by atoms with Gasteiger partial charge in [0.25, 0.3) is 5.91 Å². The molecule has 1 aromatic carbocycles. The molecule has 0 bridgehead atoms. The van der Waals surface area contributed by atoms with Crippen molar-refractivity contribution < 1.29 is 112 Å². The summed E-state index contributed by atoms with van der Waals surface area (Å²) in [6.07, 6.45) is 2.90. The summed E-state index contributed by atoms with van der Waals surface area (Å²) in [5.74, 6) is -12.5. The van der Waals surface area contributed by atoms with Crippen LogP contribution in [0.1, 0.15) is 61.6 Å². The van der Waals surface area contributed by atoms with E-state index >= 15 is 0 Å². The number of nitrogens with one attached hydrogen (secondary N) is 1. The molecule has 6 N–H and O–H groups in total. The third-order valence-corrected chi connectivity index (χ3v) is 14.2. The highest BCUT2D eigenvalue weighted by Gasteiger charge is 2.35. The van der Waals surface area contributed by atoms with Crippen LogP contribution in [0.4, 0.5) is 28.0 Å². The first kappa shape index (κ1) is 67.8. The zero-order valence-electron chi connectivity index (χ0n) is 45.5. The van der Waals surface area contributed by atoms with Gasteiger partial charge in [0, 0.05) is 43.1 Å². The molecule has 0 radical (unpaired) electrons. The average molecular weight is 1220 g/mol.